The Balaban J connectivity index is 0.000000807. The van der Waals surface area contributed by atoms with Gasteiger partial charge in [-0.25, -0.2) is 13.8 Å². The smallest absolute Gasteiger partial charge is 0.308 e. The standard InChI is InChI=1S/C32H32F2N4O4.C4H10O/c1-19-6-5-13-41-32(3)9-11-37(12-10-32)31-23(16-30(39)40)20(2)35-29-18-27(36-38(29)31)22-8-4-7-21(14-22)24-15-25(33)26(34)17-28(24)42-19;1-4(2,3)5/h4-8,14-15,17-19H,9-13,16H2,1-3H3,(H,39,40);5H,1-3H3/b6-5+;. The van der Waals surface area contributed by atoms with E-state index in [1.807, 2.05) is 50.3 Å². The Hall–Kier alpha value is -4.35. The summed E-state index contributed by atoms with van der Waals surface area (Å²) in [6.45, 7) is 12.6. The predicted molar refractivity (Wildman–Crippen MR) is 177 cm³/mol. The van der Waals surface area contributed by atoms with Gasteiger partial charge in [-0.1, -0.05) is 24.3 Å². The molecular formula is C36H42F2N4O5. The molecule has 0 amide bonds. The van der Waals surface area contributed by atoms with Crippen molar-refractivity contribution in [2.45, 2.75) is 78.1 Å². The van der Waals surface area contributed by atoms with Crippen LogP contribution in [0, 0.1) is 18.6 Å². The molecule has 9 nitrogen and oxygen atoms in total. The minimum atomic E-state index is -0.993. The number of aromatic nitrogens is 3. The van der Waals surface area contributed by atoms with Crippen molar-refractivity contribution < 1.29 is 33.3 Å². The van der Waals surface area contributed by atoms with E-state index in [0.29, 0.717) is 59.2 Å². The van der Waals surface area contributed by atoms with Gasteiger partial charge in [-0.05, 0) is 78.2 Å². The van der Waals surface area contributed by atoms with Crippen LogP contribution in [0.1, 0.15) is 58.7 Å². The average Bonchev–Trinajstić information content (AvgIpc) is 3.40. The molecular weight excluding hydrogens is 606 g/mol. The van der Waals surface area contributed by atoms with Gasteiger partial charge in [-0.3, -0.25) is 4.79 Å². The Labute approximate surface area is 273 Å². The molecule has 6 bridgehead atoms. The molecule has 4 aromatic rings. The normalized spacial score (nSPS) is 20.4. The third kappa shape index (κ3) is 8.15. The van der Waals surface area contributed by atoms with Crippen molar-refractivity contribution in [2.24, 2.45) is 0 Å². The van der Waals surface area contributed by atoms with Crippen molar-refractivity contribution in [3.63, 3.8) is 0 Å². The molecule has 5 heterocycles. The lowest BCUT2D eigenvalue weighted by molar-refractivity contribution is -0.136. The quantitative estimate of drug-likeness (QED) is 0.230. The third-order valence-electron chi connectivity index (χ3n) is 8.07. The first-order chi connectivity index (χ1) is 22.1. The van der Waals surface area contributed by atoms with Crippen LogP contribution in [0.5, 0.6) is 5.75 Å². The number of fused-ring (bicyclic) bond motifs is 6. The van der Waals surface area contributed by atoms with Gasteiger partial charge in [-0.15, -0.1) is 0 Å². The highest BCUT2D eigenvalue weighted by atomic mass is 19.2. The largest absolute Gasteiger partial charge is 0.486 e. The molecule has 2 aromatic heterocycles. The number of piperidine rings is 1. The minimum absolute atomic E-state index is 0.180. The number of carbonyl (C=O) groups is 1. The van der Waals surface area contributed by atoms with E-state index in [4.69, 9.17) is 24.7 Å². The zero-order valence-corrected chi connectivity index (χ0v) is 27.7. The first-order valence-corrected chi connectivity index (χ1v) is 15.8. The topological polar surface area (TPSA) is 109 Å². The number of benzene rings is 2. The number of carboxylic acids is 1. The summed E-state index contributed by atoms with van der Waals surface area (Å²) in [7, 11) is 0. The molecule has 3 aliphatic heterocycles. The average molecular weight is 649 g/mol. The maximum atomic E-state index is 14.5. The zero-order valence-electron chi connectivity index (χ0n) is 27.7. The third-order valence-corrected chi connectivity index (χ3v) is 8.07. The molecule has 0 aliphatic carbocycles. The van der Waals surface area contributed by atoms with Gasteiger partial charge in [0, 0.05) is 47.6 Å². The molecule has 0 radical (unpaired) electrons. The highest BCUT2D eigenvalue weighted by molar-refractivity contribution is 5.78. The molecule has 0 spiro atoms. The fraction of sp³-hybridized carbons (Fsp3) is 0.417. The lowest BCUT2D eigenvalue weighted by atomic mass is 9.93. The van der Waals surface area contributed by atoms with Crippen molar-refractivity contribution in [1.82, 2.24) is 14.6 Å². The van der Waals surface area contributed by atoms with Crippen molar-refractivity contribution in [1.29, 1.82) is 0 Å². The van der Waals surface area contributed by atoms with Gasteiger partial charge in [-0.2, -0.15) is 9.61 Å². The lowest BCUT2D eigenvalue weighted by Gasteiger charge is -2.40. The van der Waals surface area contributed by atoms with E-state index >= 15 is 0 Å². The van der Waals surface area contributed by atoms with E-state index in [1.165, 1.54) is 0 Å². The fourth-order valence-corrected chi connectivity index (χ4v) is 5.73. The van der Waals surface area contributed by atoms with Gasteiger partial charge in [0.1, 0.15) is 17.7 Å². The number of anilines is 1. The monoisotopic (exact) mass is 648 g/mol. The molecule has 2 N–H and O–H groups in total. The van der Waals surface area contributed by atoms with E-state index in [0.717, 1.165) is 30.5 Å². The number of hydrogen-bond donors (Lipinski definition) is 2. The number of carboxylic acid groups (broad SMARTS) is 1. The SMILES string of the molecule is CC(C)(C)O.Cc1nc2cc3nn2c(c1CC(=O)O)N1CCC(C)(CC1)OC/C=C/C(C)Oc1cc(F)c(F)cc1-c1cccc-3c1. The van der Waals surface area contributed by atoms with Crippen LogP contribution in [0.4, 0.5) is 14.6 Å². The van der Waals surface area contributed by atoms with E-state index in [1.54, 1.807) is 31.4 Å². The summed E-state index contributed by atoms with van der Waals surface area (Å²) < 4.78 is 42.9. The van der Waals surface area contributed by atoms with Crippen LogP contribution in [-0.4, -0.2) is 67.8 Å². The summed E-state index contributed by atoms with van der Waals surface area (Å²) in [5.41, 5.74) is 3.36. The molecule has 1 saturated heterocycles. The zero-order chi connectivity index (χ0) is 34.1. The fourth-order valence-electron chi connectivity index (χ4n) is 5.73. The van der Waals surface area contributed by atoms with Gasteiger partial charge in [0.05, 0.1) is 29.9 Å². The van der Waals surface area contributed by atoms with Crippen LogP contribution in [0.2, 0.25) is 0 Å². The van der Waals surface area contributed by atoms with Crippen LogP contribution in [0.25, 0.3) is 28.0 Å². The van der Waals surface area contributed by atoms with Crippen molar-refractivity contribution in [3.8, 4) is 28.1 Å². The second-order valence-electron chi connectivity index (χ2n) is 13.4. The molecule has 1 atom stereocenters. The summed E-state index contributed by atoms with van der Waals surface area (Å²) in [5, 5.41) is 23.2. The number of aliphatic carboxylic acids is 1. The highest BCUT2D eigenvalue weighted by Crippen LogP contribution is 2.37. The van der Waals surface area contributed by atoms with Crippen molar-refractivity contribution >= 4 is 17.4 Å². The summed E-state index contributed by atoms with van der Waals surface area (Å²) in [6, 6.07) is 11.4. The van der Waals surface area contributed by atoms with Gasteiger partial charge < -0.3 is 24.6 Å². The molecule has 250 valence electrons. The van der Waals surface area contributed by atoms with Gasteiger partial charge >= 0.3 is 5.97 Å². The maximum Gasteiger partial charge on any atom is 0.308 e. The van der Waals surface area contributed by atoms with Gasteiger partial charge in [0.2, 0.25) is 0 Å². The second-order valence-corrected chi connectivity index (χ2v) is 13.4. The Kier molecular flexibility index (Phi) is 9.70. The Bertz CT molecular complexity index is 1800. The van der Waals surface area contributed by atoms with Crippen LogP contribution in [0.3, 0.4) is 0 Å². The Morgan fingerprint density at radius 3 is 2.43 bits per heavy atom. The Morgan fingerprint density at radius 1 is 1.09 bits per heavy atom. The number of aliphatic hydroxyl groups is 1. The number of aryl methyl sites for hydroxylation is 1. The molecule has 0 saturated carbocycles. The summed E-state index contributed by atoms with van der Waals surface area (Å²) >= 11 is 0. The molecule has 11 heteroatoms. The molecule has 3 aliphatic rings. The maximum absolute atomic E-state index is 14.5. The van der Waals surface area contributed by atoms with E-state index in [9.17, 15) is 18.7 Å². The molecule has 1 unspecified atom stereocenters. The first-order valence-electron chi connectivity index (χ1n) is 15.8. The molecule has 47 heavy (non-hydrogen) atoms. The number of rotatable bonds is 2. The molecule has 1 fully saturated rings. The number of hydrogen-bond acceptors (Lipinski definition) is 7. The summed E-state index contributed by atoms with van der Waals surface area (Å²) in [4.78, 5) is 18.8. The van der Waals surface area contributed by atoms with Crippen LogP contribution < -0.4 is 9.64 Å². The van der Waals surface area contributed by atoms with Gasteiger partial charge in [0.15, 0.2) is 17.3 Å². The van der Waals surface area contributed by atoms with Crippen LogP contribution >= 0.6 is 0 Å². The number of halogens is 2. The van der Waals surface area contributed by atoms with Crippen LogP contribution in [-0.2, 0) is 16.0 Å². The lowest BCUT2D eigenvalue weighted by Crippen LogP contribution is -2.45. The van der Waals surface area contributed by atoms with E-state index in [-0.39, 0.29) is 17.8 Å². The predicted octanol–water partition coefficient (Wildman–Crippen LogP) is 6.77. The highest BCUT2D eigenvalue weighted by Gasteiger charge is 2.33. The van der Waals surface area contributed by atoms with Gasteiger partial charge in [0.25, 0.3) is 0 Å². The van der Waals surface area contributed by atoms with E-state index < -0.39 is 29.3 Å². The number of nitrogens with zero attached hydrogens (tertiary/aromatic N) is 4. The van der Waals surface area contributed by atoms with Crippen molar-refractivity contribution in [3.05, 3.63) is 77.5 Å². The minimum Gasteiger partial charge on any atom is -0.486 e. The molecule has 7 rings (SSSR count). The summed E-state index contributed by atoms with van der Waals surface area (Å²) in [6.07, 6.45) is 4.58. The second kappa shape index (κ2) is 13.4. The Morgan fingerprint density at radius 2 is 1.74 bits per heavy atom. The van der Waals surface area contributed by atoms with Crippen molar-refractivity contribution in [2.75, 3.05) is 24.6 Å². The number of ether oxygens (including phenoxy) is 2. The molecule has 2 aromatic carbocycles. The van der Waals surface area contributed by atoms with E-state index in [2.05, 4.69) is 11.8 Å². The van der Waals surface area contributed by atoms with Crippen LogP contribution in [0.15, 0.2) is 54.6 Å². The first kappa shape index (κ1) is 34.0. The summed E-state index contributed by atoms with van der Waals surface area (Å²) in [5.74, 6) is -1.98.